The molecule has 0 spiro atoms. The quantitative estimate of drug-likeness (QED) is 0.537. The van der Waals surface area contributed by atoms with E-state index in [1.807, 2.05) is 75.4 Å². The van der Waals surface area contributed by atoms with Crippen molar-refractivity contribution in [3.05, 3.63) is 70.2 Å². The third kappa shape index (κ3) is 7.32. The summed E-state index contributed by atoms with van der Waals surface area (Å²) in [6.45, 7) is 6.43. The van der Waals surface area contributed by atoms with Crippen molar-refractivity contribution in [2.75, 3.05) is 0 Å². The zero-order valence-electron chi connectivity index (χ0n) is 17.5. The molecular formula is C24H31BrN2O2. The van der Waals surface area contributed by atoms with Crippen molar-refractivity contribution in [2.24, 2.45) is 0 Å². The number of carbonyl (C=O) groups excluding carboxylic acids is 2. The van der Waals surface area contributed by atoms with E-state index < -0.39 is 6.04 Å². The predicted molar refractivity (Wildman–Crippen MR) is 121 cm³/mol. The highest BCUT2D eigenvalue weighted by molar-refractivity contribution is 9.10. The van der Waals surface area contributed by atoms with Gasteiger partial charge in [0.15, 0.2) is 0 Å². The van der Waals surface area contributed by atoms with Gasteiger partial charge < -0.3 is 10.2 Å². The smallest absolute Gasteiger partial charge is 0.243 e. The first-order chi connectivity index (χ1) is 13.9. The highest BCUT2D eigenvalue weighted by atomic mass is 79.9. The predicted octanol–water partition coefficient (Wildman–Crippen LogP) is 5.10. The van der Waals surface area contributed by atoms with Crippen molar-refractivity contribution in [2.45, 2.75) is 65.1 Å². The molecule has 0 aromatic heterocycles. The van der Waals surface area contributed by atoms with Gasteiger partial charge in [-0.2, -0.15) is 0 Å². The SMILES string of the molecule is CCCC(=O)N(Cc1ccc(Br)cc1)C(Cc1ccccc1)C(=O)NC(C)CC. The molecule has 2 amide bonds. The van der Waals surface area contributed by atoms with Gasteiger partial charge in [-0.25, -0.2) is 0 Å². The molecule has 0 aliphatic rings. The van der Waals surface area contributed by atoms with Crippen LogP contribution < -0.4 is 5.32 Å². The highest BCUT2D eigenvalue weighted by Crippen LogP contribution is 2.18. The molecule has 156 valence electrons. The summed E-state index contributed by atoms with van der Waals surface area (Å²) in [6.07, 6.45) is 2.52. The molecule has 0 aliphatic heterocycles. The van der Waals surface area contributed by atoms with E-state index in [2.05, 4.69) is 21.2 Å². The number of halogens is 1. The maximum atomic E-state index is 13.2. The average molecular weight is 459 g/mol. The van der Waals surface area contributed by atoms with Crippen LogP contribution in [0.4, 0.5) is 0 Å². The fourth-order valence-corrected chi connectivity index (χ4v) is 3.40. The zero-order chi connectivity index (χ0) is 21.2. The van der Waals surface area contributed by atoms with Crippen molar-refractivity contribution in [1.82, 2.24) is 10.2 Å². The number of nitrogens with zero attached hydrogens (tertiary/aromatic N) is 1. The second-order valence-corrected chi connectivity index (χ2v) is 8.34. The lowest BCUT2D eigenvalue weighted by molar-refractivity contribution is -0.141. The molecule has 0 heterocycles. The van der Waals surface area contributed by atoms with E-state index in [0.29, 0.717) is 19.4 Å². The largest absolute Gasteiger partial charge is 0.352 e. The Morgan fingerprint density at radius 3 is 2.24 bits per heavy atom. The van der Waals surface area contributed by atoms with E-state index in [4.69, 9.17) is 0 Å². The van der Waals surface area contributed by atoms with Crippen LogP contribution in [0.2, 0.25) is 0 Å². The van der Waals surface area contributed by atoms with Crippen LogP contribution in [0, 0.1) is 0 Å². The summed E-state index contributed by atoms with van der Waals surface area (Å²) in [4.78, 5) is 28.0. The Bertz CT molecular complexity index is 777. The van der Waals surface area contributed by atoms with E-state index in [1.165, 1.54) is 0 Å². The van der Waals surface area contributed by atoms with Gasteiger partial charge in [0.05, 0.1) is 0 Å². The first-order valence-corrected chi connectivity index (χ1v) is 11.1. The van der Waals surface area contributed by atoms with Crippen molar-refractivity contribution in [1.29, 1.82) is 0 Å². The van der Waals surface area contributed by atoms with Crippen LogP contribution in [0.1, 0.15) is 51.2 Å². The van der Waals surface area contributed by atoms with E-state index >= 15 is 0 Å². The number of amides is 2. The first-order valence-electron chi connectivity index (χ1n) is 10.3. The van der Waals surface area contributed by atoms with Crippen LogP contribution in [0.3, 0.4) is 0 Å². The fraction of sp³-hybridized carbons (Fsp3) is 0.417. The molecule has 0 bridgehead atoms. The molecule has 4 nitrogen and oxygen atoms in total. The van der Waals surface area contributed by atoms with Crippen molar-refractivity contribution >= 4 is 27.7 Å². The van der Waals surface area contributed by atoms with Crippen molar-refractivity contribution in [3.63, 3.8) is 0 Å². The minimum Gasteiger partial charge on any atom is -0.352 e. The summed E-state index contributed by atoms with van der Waals surface area (Å²) in [5.41, 5.74) is 2.05. The second kappa shape index (κ2) is 11.8. The third-order valence-corrected chi connectivity index (χ3v) is 5.53. The molecular weight excluding hydrogens is 428 g/mol. The molecule has 0 aliphatic carbocycles. The lowest BCUT2D eigenvalue weighted by Gasteiger charge is -2.32. The molecule has 29 heavy (non-hydrogen) atoms. The number of rotatable bonds is 10. The van der Waals surface area contributed by atoms with Crippen LogP contribution >= 0.6 is 15.9 Å². The summed E-state index contributed by atoms with van der Waals surface area (Å²) in [7, 11) is 0. The molecule has 0 saturated heterocycles. The minimum atomic E-state index is -0.547. The van der Waals surface area contributed by atoms with Gasteiger partial charge in [-0.15, -0.1) is 0 Å². The summed E-state index contributed by atoms with van der Waals surface area (Å²) >= 11 is 3.45. The molecule has 2 unspecified atom stereocenters. The lowest BCUT2D eigenvalue weighted by Crippen LogP contribution is -2.52. The normalized spacial score (nSPS) is 12.8. The topological polar surface area (TPSA) is 49.4 Å². The van der Waals surface area contributed by atoms with Gasteiger partial charge in [0, 0.05) is 29.9 Å². The standard InChI is InChI=1S/C24H31BrN2O2/c1-4-9-23(28)27(17-20-12-14-21(25)15-13-20)22(24(29)26-18(3)5-2)16-19-10-7-6-8-11-19/h6-8,10-15,18,22H,4-5,9,16-17H2,1-3H3,(H,26,29). The van der Waals surface area contributed by atoms with E-state index in [0.717, 1.165) is 28.4 Å². The van der Waals surface area contributed by atoms with Gasteiger partial charge in [0.25, 0.3) is 0 Å². The molecule has 2 atom stereocenters. The summed E-state index contributed by atoms with van der Waals surface area (Å²) in [6, 6.07) is 17.3. The van der Waals surface area contributed by atoms with Gasteiger partial charge in [-0.3, -0.25) is 9.59 Å². The number of nitrogens with one attached hydrogen (secondary N) is 1. The fourth-order valence-electron chi connectivity index (χ4n) is 3.14. The Kier molecular flexibility index (Phi) is 9.39. The third-order valence-electron chi connectivity index (χ3n) is 5.00. The van der Waals surface area contributed by atoms with Gasteiger partial charge in [0.2, 0.25) is 11.8 Å². The van der Waals surface area contributed by atoms with Crippen LogP contribution in [0.15, 0.2) is 59.1 Å². The van der Waals surface area contributed by atoms with Crippen molar-refractivity contribution in [3.8, 4) is 0 Å². The van der Waals surface area contributed by atoms with Crippen molar-refractivity contribution < 1.29 is 9.59 Å². The average Bonchev–Trinajstić information content (AvgIpc) is 2.72. The number of hydrogen-bond acceptors (Lipinski definition) is 2. The maximum Gasteiger partial charge on any atom is 0.243 e. The first kappa shape index (κ1) is 23.1. The Labute approximate surface area is 182 Å². The maximum absolute atomic E-state index is 13.2. The molecule has 0 saturated carbocycles. The van der Waals surface area contributed by atoms with E-state index in [-0.39, 0.29) is 17.9 Å². The lowest BCUT2D eigenvalue weighted by atomic mass is 10.0. The molecule has 2 rings (SSSR count). The second-order valence-electron chi connectivity index (χ2n) is 7.42. The molecule has 0 radical (unpaired) electrons. The van der Waals surface area contributed by atoms with Crippen LogP contribution in [-0.2, 0) is 22.6 Å². The van der Waals surface area contributed by atoms with Gasteiger partial charge in [-0.05, 0) is 43.0 Å². The van der Waals surface area contributed by atoms with Crippen LogP contribution in [-0.4, -0.2) is 28.8 Å². The number of benzene rings is 2. The molecule has 1 N–H and O–H groups in total. The summed E-state index contributed by atoms with van der Waals surface area (Å²) < 4.78 is 0.989. The Morgan fingerprint density at radius 1 is 1.00 bits per heavy atom. The highest BCUT2D eigenvalue weighted by Gasteiger charge is 2.30. The van der Waals surface area contributed by atoms with Gasteiger partial charge in [-0.1, -0.05) is 72.2 Å². The van der Waals surface area contributed by atoms with Crippen LogP contribution in [0.25, 0.3) is 0 Å². The molecule has 2 aromatic carbocycles. The Hall–Kier alpha value is -2.14. The Morgan fingerprint density at radius 2 is 1.66 bits per heavy atom. The van der Waals surface area contributed by atoms with Gasteiger partial charge in [0.1, 0.15) is 6.04 Å². The minimum absolute atomic E-state index is 0.00986. The van der Waals surface area contributed by atoms with Crippen LogP contribution in [0.5, 0.6) is 0 Å². The monoisotopic (exact) mass is 458 g/mol. The van der Waals surface area contributed by atoms with Gasteiger partial charge >= 0.3 is 0 Å². The molecule has 0 fully saturated rings. The molecule has 5 heteroatoms. The van der Waals surface area contributed by atoms with E-state index in [9.17, 15) is 9.59 Å². The Balaban J connectivity index is 2.35. The van der Waals surface area contributed by atoms with E-state index in [1.54, 1.807) is 4.90 Å². The summed E-state index contributed by atoms with van der Waals surface area (Å²) in [5.74, 6) is -0.0829. The number of carbonyl (C=O) groups is 2. The molecule has 2 aromatic rings. The number of hydrogen-bond donors (Lipinski definition) is 1. The summed E-state index contributed by atoms with van der Waals surface area (Å²) in [5, 5.41) is 3.08. The zero-order valence-corrected chi connectivity index (χ0v) is 19.1.